The van der Waals surface area contributed by atoms with Crippen molar-refractivity contribution in [1.82, 2.24) is 15.3 Å². The first kappa shape index (κ1) is 18.4. The monoisotopic (exact) mass is 367 g/mol. The number of halogens is 3. The van der Waals surface area contributed by atoms with E-state index in [1.165, 1.54) is 0 Å². The van der Waals surface area contributed by atoms with Gasteiger partial charge in [0, 0.05) is 18.9 Å². The summed E-state index contributed by atoms with van der Waals surface area (Å²) in [7, 11) is 0. The van der Waals surface area contributed by atoms with Crippen molar-refractivity contribution in [2.45, 2.75) is 50.7 Å². The molecule has 1 fully saturated rings. The van der Waals surface area contributed by atoms with Gasteiger partial charge in [-0.2, -0.15) is 13.2 Å². The Bertz CT molecular complexity index is 847. The summed E-state index contributed by atoms with van der Waals surface area (Å²) in [5, 5.41) is 3.16. The van der Waals surface area contributed by atoms with Gasteiger partial charge in [-0.05, 0) is 31.4 Å². The quantitative estimate of drug-likeness (QED) is 0.872. The maximum Gasteiger partial charge on any atom is 0.391 e. The summed E-state index contributed by atoms with van der Waals surface area (Å²) < 4.78 is 38.5. The molecule has 0 radical (unpaired) electrons. The maximum atomic E-state index is 12.8. The van der Waals surface area contributed by atoms with Gasteiger partial charge in [-0.1, -0.05) is 18.6 Å². The Balaban J connectivity index is 1.57. The molecule has 3 rings (SSSR count). The van der Waals surface area contributed by atoms with Gasteiger partial charge >= 0.3 is 6.18 Å². The highest BCUT2D eigenvalue weighted by atomic mass is 19.4. The number of aryl methyl sites for hydroxylation is 1. The number of nitrogens with zero attached hydrogens (tertiary/aromatic N) is 1. The molecular weight excluding hydrogens is 347 g/mol. The first-order valence-corrected chi connectivity index (χ1v) is 8.67. The molecule has 1 heterocycles. The van der Waals surface area contributed by atoms with Crippen LogP contribution in [0.4, 0.5) is 13.2 Å². The summed E-state index contributed by atoms with van der Waals surface area (Å²) in [6.45, 7) is 0. The van der Waals surface area contributed by atoms with E-state index in [4.69, 9.17) is 0 Å². The second kappa shape index (κ2) is 7.47. The van der Waals surface area contributed by atoms with E-state index in [1.807, 2.05) is 0 Å². The van der Waals surface area contributed by atoms with E-state index in [0.29, 0.717) is 29.6 Å². The van der Waals surface area contributed by atoms with Crippen LogP contribution in [0.1, 0.15) is 37.9 Å². The van der Waals surface area contributed by atoms with E-state index in [1.54, 1.807) is 24.3 Å². The van der Waals surface area contributed by atoms with Gasteiger partial charge in [0.05, 0.1) is 16.8 Å². The zero-order valence-corrected chi connectivity index (χ0v) is 14.1. The highest BCUT2D eigenvalue weighted by Gasteiger charge is 2.42. The Morgan fingerprint density at radius 2 is 2.04 bits per heavy atom. The molecule has 1 aromatic heterocycles. The number of aromatic nitrogens is 2. The first-order valence-electron chi connectivity index (χ1n) is 8.67. The molecule has 8 heteroatoms. The SMILES string of the molecule is O=C(CCc1nc2ccccc2c(=O)[nH]1)N[C@H]1CCC[C@H](C(F)(F)F)C1. The summed E-state index contributed by atoms with van der Waals surface area (Å²) in [6.07, 6.45) is -2.86. The van der Waals surface area contributed by atoms with Crippen LogP contribution in [0, 0.1) is 5.92 Å². The molecule has 0 spiro atoms. The van der Waals surface area contributed by atoms with Crippen molar-refractivity contribution < 1.29 is 18.0 Å². The third-order valence-electron chi connectivity index (χ3n) is 4.75. The summed E-state index contributed by atoms with van der Waals surface area (Å²) >= 11 is 0. The third kappa shape index (κ3) is 4.42. The molecule has 2 atom stereocenters. The largest absolute Gasteiger partial charge is 0.391 e. The van der Waals surface area contributed by atoms with Gasteiger partial charge in [0.15, 0.2) is 0 Å². The summed E-state index contributed by atoms with van der Waals surface area (Å²) in [6, 6.07) is 6.44. The minimum absolute atomic E-state index is 0.0640. The molecule has 0 aliphatic heterocycles. The van der Waals surface area contributed by atoms with Crippen LogP contribution in [0.25, 0.3) is 10.9 Å². The van der Waals surface area contributed by atoms with E-state index in [2.05, 4.69) is 15.3 Å². The number of hydrogen-bond acceptors (Lipinski definition) is 3. The van der Waals surface area contributed by atoms with Gasteiger partial charge < -0.3 is 10.3 Å². The van der Waals surface area contributed by atoms with Crippen LogP contribution < -0.4 is 10.9 Å². The molecule has 0 saturated heterocycles. The van der Waals surface area contributed by atoms with Crippen molar-refractivity contribution in [1.29, 1.82) is 0 Å². The number of para-hydroxylation sites is 1. The lowest BCUT2D eigenvalue weighted by atomic mass is 9.85. The fourth-order valence-electron chi connectivity index (χ4n) is 3.40. The molecule has 1 aromatic carbocycles. The second-order valence-corrected chi connectivity index (χ2v) is 6.70. The molecule has 1 aliphatic carbocycles. The Morgan fingerprint density at radius 3 is 2.81 bits per heavy atom. The Labute approximate surface area is 148 Å². The van der Waals surface area contributed by atoms with Crippen LogP contribution in [0.3, 0.4) is 0 Å². The summed E-state index contributed by atoms with van der Waals surface area (Å²) in [4.78, 5) is 31.0. The van der Waals surface area contributed by atoms with Crippen LogP contribution in [-0.2, 0) is 11.2 Å². The van der Waals surface area contributed by atoms with Crippen molar-refractivity contribution in [2.75, 3.05) is 0 Å². The van der Waals surface area contributed by atoms with Crippen molar-refractivity contribution in [3.8, 4) is 0 Å². The number of alkyl halides is 3. The van der Waals surface area contributed by atoms with E-state index < -0.39 is 18.1 Å². The predicted octanol–water partition coefficient (Wildman–Crippen LogP) is 3.09. The number of rotatable bonds is 4. The Hall–Kier alpha value is -2.38. The van der Waals surface area contributed by atoms with Gasteiger partial charge in [-0.3, -0.25) is 9.59 Å². The molecular formula is C18H20F3N3O2. The number of carbonyl (C=O) groups excluding carboxylic acids is 1. The average molecular weight is 367 g/mol. The molecule has 0 unspecified atom stereocenters. The number of fused-ring (bicyclic) bond motifs is 1. The first-order chi connectivity index (χ1) is 12.3. The molecule has 1 saturated carbocycles. The molecule has 2 aromatic rings. The highest BCUT2D eigenvalue weighted by Crippen LogP contribution is 2.37. The summed E-state index contributed by atoms with van der Waals surface area (Å²) in [5.41, 5.74) is 0.276. The van der Waals surface area contributed by atoms with Crippen LogP contribution in [0.5, 0.6) is 0 Å². The van der Waals surface area contributed by atoms with Gasteiger partial charge in [0.1, 0.15) is 5.82 Å². The molecule has 1 amide bonds. The fraction of sp³-hybridized carbons (Fsp3) is 0.500. The standard InChI is InChI=1S/C18H20F3N3O2/c19-18(20,21)11-4-3-5-12(10-11)22-16(25)9-8-15-23-14-7-2-1-6-13(14)17(26)24-15/h1-2,6-7,11-12H,3-5,8-10H2,(H,22,25)(H,23,24,26)/t11-,12-/m0/s1. The topological polar surface area (TPSA) is 74.8 Å². The lowest BCUT2D eigenvalue weighted by molar-refractivity contribution is -0.184. The normalized spacial score (nSPS) is 20.9. The van der Waals surface area contributed by atoms with Crippen molar-refractivity contribution in [2.24, 2.45) is 5.92 Å². The number of H-pyrrole nitrogens is 1. The van der Waals surface area contributed by atoms with Crippen molar-refractivity contribution in [3.63, 3.8) is 0 Å². The number of benzene rings is 1. The minimum atomic E-state index is -4.21. The van der Waals surface area contributed by atoms with Gasteiger partial charge in [-0.15, -0.1) is 0 Å². The predicted molar refractivity (Wildman–Crippen MR) is 90.6 cm³/mol. The lowest BCUT2D eigenvalue weighted by Gasteiger charge is -2.31. The lowest BCUT2D eigenvalue weighted by Crippen LogP contribution is -2.41. The molecule has 140 valence electrons. The van der Waals surface area contributed by atoms with Crippen molar-refractivity contribution in [3.05, 3.63) is 40.4 Å². The maximum absolute atomic E-state index is 12.8. The summed E-state index contributed by atoms with van der Waals surface area (Å²) in [5.74, 6) is -1.28. The van der Waals surface area contributed by atoms with Crippen LogP contribution in [-0.4, -0.2) is 28.1 Å². The minimum Gasteiger partial charge on any atom is -0.353 e. The smallest absolute Gasteiger partial charge is 0.353 e. The third-order valence-corrected chi connectivity index (χ3v) is 4.75. The molecule has 1 aliphatic rings. The second-order valence-electron chi connectivity index (χ2n) is 6.70. The van der Waals surface area contributed by atoms with Gasteiger partial charge in [0.25, 0.3) is 5.56 Å². The Morgan fingerprint density at radius 1 is 1.27 bits per heavy atom. The van der Waals surface area contributed by atoms with Crippen LogP contribution in [0.2, 0.25) is 0 Å². The van der Waals surface area contributed by atoms with Gasteiger partial charge in [0.2, 0.25) is 5.91 Å². The van der Waals surface area contributed by atoms with Crippen LogP contribution in [0.15, 0.2) is 29.1 Å². The van der Waals surface area contributed by atoms with E-state index in [0.717, 1.165) is 0 Å². The molecule has 0 bridgehead atoms. The van der Waals surface area contributed by atoms with E-state index in [-0.39, 0.29) is 37.1 Å². The number of amides is 1. The number of aromatic amines is 1. The average Bonchev–Trinajstić information content (AvgIpc) is 2.59. The number of hydrogen-bond donors (Lipinski definition) is 2. The van der Waals surface area contributed by atoms with Crippen LogP contribution >= 0.6 is 0 Å². The Kier molecular flexibility index (Phi) is 5.29. The molecule has 2 N–H and O–H groups in total. The molecule has 26 heavy (non-hydrogen) atoms. The zero-order valence-electron chi connectivity index (χ0n) is 14.1. The van der Waals surface area contributed by atoms with Crippen molar-refractivity contribution >= 4 is 16.8 Å². The molecule has 5 nitrogen and oxygen atoms in total. The highest BCUT2D eigenvalue weighted by molar-refractivity contribution is 5.78. The van der Waals surface area contributed by atoms with Gasteiger partial charge in [-0.25, -0.2) is 4.98 Å². The van der Waals surface area contributed by atoms with E-state index >= 15 is 0 Å². The fourth-order valence-corrected chi connectivity index (χ4v) is 3.40. The number of nitrogens with one attached hydrogen (secondary N) is 2. The number of carbonyl (C=O) groups is 1. The van der Waals surface area contributed by atoms with E-state index in [9.17, 15) is 22.8 Å². The zero-order chi connectivity index (χ0) is 18.7.